The van der Waals surface area contributed by atoms with E-state index < -0.39 is 0 Å². The topological polar surface area (TPSA) is 21.3 Å². The smallest absolute Gasteiger partial charge is 0.123 e. The van der Waals surface area contributed by atoms with Gasteiger partial charge in [0, 0.05) is 0 Å². The van der Waals surface area contributed by atoms with E-state index in [1.807, 2.05) is 32.9 Å². The van der Waals surface area contributed by atoms with Crippen LogP contribution in [-0.4, -0.2) is 5.60 Å². The van der Waals surface area contributed by atoms with Crippen LogP contribution in [0.5, 0.6) is 0 Å². The molecule has 0 spiro atoms. The largest absolute Gasteiger partial charge is 0.295 e. The number of hydrogen-bond acceptors (Lipinski definition) is 2. The summed E-state index contributed by atoms with van der Waals surface area (Å²) in [5, 5.41) is 0. The molecule has 1 unspecified atom stereocenters. The highest BCUT2D eigenvalue weighted by molar-refractivity contribution is 5.21. The fourth-order valence-corrected chi connectivity index (χ4v) is 1.78. The molecular weight excluding hydrogens is 217 g/mol. The third-order valence-corrected chi connectivity index (χ3v) is 2.81. The fourth-order valence-electron chi connectivity index (χ4n) is 1.78. The Morgan fingerprint density at radius 3 is 2.29 bits per heavy atom. The maximum absolute atomic E-state index is 12.9. The molecule has 1 fully saturated rings. The number of halogens is 1. The van der Waals surface area contributed by atoms with Crippen molar-refractivity contribution in [2.24, 2.45) is 5.92 Å². The summed E-state index contributed by atoms with van der Waals surface area (Å²) in [6.45, 7) is 6.03. The predicted octanol–water partition coefficient (Wildman–Crippen LogP) is 3.60. The third-order valence-electron chi connectivity index (χ3n) is 2.81. The van der Waals surface area contributed by atoms with Crippen molar-refractivity contribution in [3.05, 3.63) is 35.6 Å². The van der Waals surface area contributed by atoms with Gasteiger partial charge >= 0.3 is 0 Å². The second kappa shape index (κ2) is 4.75. The van der Waals surface area contributed by atoms with Crippen molar-refractivity contribution in [2.45, 2.75) is 45.3 Å². The molecule has 17 heavy (non-hydrogen) atoms. The predicted molar refractivity (Wildman–Crippen MR) is 65.8 cm³/mol. The van der Waals surface area contributed by atoms with Gasteiger partial charge in [-0.05, 0) is 57.2 Å². The van der Waals surface area contributed by atoms with Gasteiger partial charge in [0.25, 0.3) is 0 Å². The summed E-state index contributed by atoms with van der Waals surface area (Å²) in [6.07, 6.45) is 2.42. The average molecular weight is 237 g/mol. The van der Waals surface area contributed by atoms with Crippen LogP contribution in [0, 0.1) is 11.7 Å². The SMILES string of the molecule is CC(C)(C)ONC(c1ccc(F)cc1)C1CC1. The van der Waals surface area contributed by atoms with Crippen LogP contribution in [0.1, 0.15) is 45.2 Å². The second-order valence-corrected chi connectivity index (χ2v) is 5.70. The molecule has 0 heterocycles. The zero-order chi connectivity index (χ0) is 12.5. The first-order valence-corrected chi connectivity index (χ1v) is 6.15. The van der Waals surface area contributed by atoms with Crippen molar-refractivity contribution in [3.8, 4) is 0 Å². The molecule has 0 aromatic heterocycles. The molecule has 1 aliphatic rings. The minimum atomic E-state index is -0.215. The summed E-state index contributed by atoms with van der Waals surface area (Å²) in [7, 11) is 0. The Kier molecular flexibility index (Phi) is 3.50. The van der Waals surface area contributed by atoms with Gasteiger partial charge in [-0.3, -0.25) is 4.84 Å². The van der Waals surface area contributed by atoms with Crippen molar-refractivity contribution in [2.75, 3.05) is 0 Å². The molecule has 2 rings (SSSR count). The van der Waals surface area contributed by atoms with Gasteiger partial charge in [0.05, 0.1) is 11.6 Å². The van der Waals surface area contributed by atoms with Crippen molar-refractivity contribution in [1.82, 2.24) is 5.48 Å². The summed E-state index contributed by atoms with van der Waals surface area (Å²) in [5.74, 6) is 0.419. The molecule has 1 aliphatic carbocycles. The summed E-state index contributed by atoms with van der Waals surface area (Å²) in [6, 6.07) is 6.84. The van der Waals surface area contributed by atoms with Crippen molar-refractivity contribution in [3.63, 3.8) is 0 Å². The molecule has 0 bridgehead atoms. The highest BCUT2D eigenvalue weighted by Crippen LogP contribution is 2.41. The van der Waals surface area contributed by atoms with Crippen LogP contribution in [-0.2, 0) is 4.84 Å². The van der Waals surface area contributed by atoms with Crippen LogP contribution < -0.4 is 5.48 Å². The molecule has 1 aromatic carbocycles. The first-order valence-electron chi connectivity index (χ1n) is 6.15. The minimum Gasteiger partial charge on any atom is -0.295 e. The molecule has 2 nitrogen and oxygen atoms in total. The van der Waals surface area contributed by atoms with E-state index >= 15 is 0 Å². The Bertz CT molecular complexity index is 365. The quantitative estimate of drug-likeness (QED) is 0.808. The monoisotopic (exact) mass is 237 g/mol. The fraction of sp³-hybridized carbons (Fsp3) is 0.571. The highest BCUT2D eigenvalue weighted by Gasteiger charge is 2.33. The average Bonchev–Trinajstić information content (AvgIpc) is 3.03. The van der Waals surface area contributed by atoms with Gasteiger partial charge in [-0.25, -0.2) is 4.39 Å². The molecule has 0 saturated heterocycles. The summed E-state index contributed by atoms with van der Waals surface area (Å²) >= 11 is 0. The van der Waals surface area contributed by atoms with Gasteiger partial charge in [-0.2, -0.15) is 5.48 Å². The van der Waals surface area contributed by atoms with Crippen LogP contribution in [0.3, 0.4) is 0 Å². The first-order chi connectivity index (χ1) is 7.96. The van der Waals surface area contributed by atoms with Crippen molar-refractivity contribution >= 4 is 0 Å². The molecule has 1 atom stereocenters. The number of nitrogens with one attached hydrogen (secondary N) is 1. The Hall–Kier alpha value is -0.930. The van der Waals surface area contributed by atoms with E-state index in [-0.39, 0.29) is 17.5 Å². The zero-order valence-electron chi connectivity index (χ0n) is 10.7. The molecular formula is C14H20FNO. The van der Waals surface area contributed by atoms with Crippen molar-refractivity contribution < 1.29 is 9.23 Å². The van der Waals surface area contributed by atoms with Crippen LogP contribution in [0.2, 0.25) is 0 Å². The normalized spacial score (nSPS) is 18.1. The van der Waals surface area contributed by atoms with Gasteiger partial charge in [0.1, 0.15) is 5.82 Å². The van der Waals surface area contributed by atoms with Crippen LogP contribution in [0.4, 0.5) is 4.39 Å². The van der Waals surface area contributed by atoms with E-state index in [9.17, 15) is 4.39 Å². The molecule has 3 heteroatoms. The van der Waals surface area contributed by atoms with Gasteiger partial charge in [-0.1, -0.05) is 12.1 Å². The summed E-state index contributed by atoms with van der Waals surface area (Å²) in [4.78, 5) is 5.63. The molecule has 0 amide bonds. The zero-order valence-corrected chi connectivity index (χ0v) is 10.7. The van der Waals surface area contributed by atoms with Crippen LogP contribution in [0.15, 0.2) is 24.3 Å². The highest BCUT2D eigenvalue weighted by atomic mass is 19.1. The second-order valence-electron chi connectivity index (χ2n) is 5.70. The lowest BCUT2D eigenvalue weighted by Gasteiger charge is -2.25. The lowest BCUT2D eigenvalue weighted by Crippen LogP contribution is -2.33. The standard InChI is InChI=1S/C14H20FNO/c1-14(2,3)17-16-13(10-4-5-10)11-6-8-12(15)9-7-11/h6-10,13,16H,4-5H2,1-3H3. The van der Waals surface area contributed by atoms with E-state index in [1.165, 1.54) is 25.0 Å². The summed E-state index contributed by atoms with van der Waals surface area (Å²) < 4.78 is 12.9. The summed E-state index contributed by atoms with van der Waals surface area (Å²) in [5.41, 5.74) is 4.02. The van der Waals surface area contributed by atoms with Crippen molar-refractivity contribution in [1.29, 1.82) is 0 Å². The van der Waals surface area contributed by atoms with Gasteiger partial charge in [-0.15, -0.1) is 0 Å². The Labute approximate surface area is 102 Å². The minimum absolute atomic E-state index is 0.176. The van der Waals surface area contributed by atoms with E-state index in [0.29, 0.717) is 5.92 Å². The number of benzene rings is 1. The van der Waals surface area contributed by atoms with Gasteiger partial charge in [0.2, 0.25) is 0 Å². The number of hydrogen-bond donors (Lipinski definition) is 1. The molecule has 1 N–H and O–H groups in total. The lowest BCUT2D eigenvalue weighted by molar-refractivity contribution is -0.0922. The lowest BCUT2D eigenvalue weighted by atomic mass is 10.0. The molecule has 0 radical (unpaired) electrons. The molecule has 0 aliphatic heterocycles. The maximum Gasteiger partial charge on any atom is 0.123 e. The molecule has 1 saturated carbocycles. The number of rotatable bonds is 4. The molecule has 94 valence electrons. The third kappa shape index (κ3) is 3.79. The first kappa shape index (κ1) is 12.5. The Balaban J connectivity index is 2.04. The molecule has 1 aromatic rings. The Morgan fingerprint density at radius 1 is 1.24 bits per heavy atom. The maximum atomic E-state index is 12.9. The van der Waals surface area contributed by atoms with Crippen LogP contribution in [0.25, 0.3) is 0 Å². The van der Waals surface area contributed by atoms with Gasteiger partial charge in [0.15, 0.2) is 0 Å². The van der Waals surface area contributed by atoms with E-state index in [4.69, 9.17) is 4.84 Å². The van der Waals surface area contributed by atoms with E-state index in [2.05, 4.69) is 5.48 Å². The van der Waals surface area contributed by atoms with Gasteiger partial charge < -0.3 is 0 Å². The van der Waals surface area contributed by atoms with E-state index in [1.54, 1.807) is 0 Å². The Morgan fingerprint density at radius 2 is 1.82 bits per heavy atom. The van der Waals surface area contributed by atoms with Crippen LogP contribution >= 0.6 is 0 Å². The van der Waals surface area contributed by atoms with E-state index in [0.717, 1.165) is 5.56 Å². The number of hydroxylamine groups is 1.